The van der Waals surface area contributed by atoms with Gasteiger partial charge in [0.05, 0.1) is 0 Å². The second kappa shape index (κ2) is 4.97. The number of rotatable bonds is 4. The Morgan fingerprint density at radius 3 is 2.56 bits per heavy atom. The van der Waals surface area contributed by atoms with Crippen LogP contribution in [-0.2, 0) is 6.18 Å². The fourth-order valence-electron chi connectivity index (χ4n) is 1.69. The highest BCUT2D eigenvalue weighted by atomic mass is 19.4. The van der Waals surface area contributed by atoms with Crippen molar-refractivity contribution in [2.45, 2.75) is 25.4 Å². The summed E-state index contributed by atoms with van der Waals surface area (Å²) in [5.41, 5.74) is 1.02. The maximum absolute atomic E-state index is 12.6. The lowest BCUT2D eigenvalue weighted by Crippen LogP contribution is -2.22. The number of alkyl halides is 3. The van der Waals surface area contributed by atoms with E-state index in [1.165, 1.54) is 6.42 Å². The molecule has 0 radical (unpaired) electrons. The van der Waals surface area contributed by atoms with Crippen molar-refractivity contribution in [2.75, 3.05) is 17.3 Å². The van der Waals surface area contributed by atoms with Gasteiger partial charge in [-0.3, -0.25) is 5.43 Å². The van der Waals surface area contributed by atoms with E-state index in [1.54, 1.807) is 0 Å². The first kappa shape index (κ1) is 12.9. The summed E-state index contributed by atoms with van der Waals surface area (Å²) in [6, 6.07) is 0.888. The van der Waals surface area contributed by atoms with Gasteiger partial charge in [0, 0.05) is 12.6 Å². The Hall–Kier alpha value is -1.57. The molecule has 0 spiro atoms. The number of aromatic nitrogens is 2. The van der Waals surface area contributed by atoms with Crippen LogP contribution in [0.5, 0.6) is 0 Å². The number of nitrogen functional groups attached to an aromatic ring is 1. The Labute approximate surface area is 102 Å². The minimum atomic E-state index is -4.51. The molecule has 1 aromatic rings. The van der Waals surface area contributed by atoms with Crippen LogP contribution in [0.1, 0.15) is 25.0 Å². The molecule has 0 aromatic carbocycles. The first-order chi connectivity index (χ1) is 8.49. The molecule has 1 heterocycles. The van der Waals surface area contributed by atoms with E-state index in [4.69, 9.17) is 5.84 Å². The molecule has 0 unspecified atom stereocenters. The van der Waals surface area contributed by atoms with Crippen molar-refractivity contribution in [2.24, 2.45) is 11.8 Å². The Bertz CT molecular complexity index is 416. The van der Waals surface area contributed by atoms with Gasteiger partial charge < -0.3 is 5.32 Å². The molecule has 1 fully saturated rings. The van der Waals surface area contributed by atoms with Crippen LogP contribution in [0.25, 0.3) is 0 Å². The van der Waals surface area contributed by atoms with E-state index in [2.05, 4.69) is 15.3 Å². The van der Waals surface area contributed by atoms with Crippen LogP contribution in [0.2, 0.25) is 0 Å². The number of hydrogen-bond acceptors (Lipinski definition) is 5. The smallest absolute Gasteiger partial charge is 0.370 e. The Morgan fingerprint density at radius 2 is 2.06 bits per heavy atom. The number of hydrogen-bond donors (Lipinski definition) is 3. The quantitative estimate of drug-likeness (QED) is 0.571. The molecule has 1 aliphatic rings. The number of hydrazine groups is 1. The molecule has 4 N–H and O–H groups in total. The third kappa shape index (κ3) is 3.00. The van der Waals surface area contributed by atoms with E-state index in [1.807, 2.05) is 5.43 Å². The summed E-state index contributed by atoms with van der Waals surface area (Å²) in [5, 5.41) is 2.89. The van der Waals surface area contributed by atoms with Crippen molar-refractivity contribution >= 4 is 11.8 Å². The summed E-state index contributed by atoms with van der Waals surface area (Å²) < 4.78 is 37.7. The molecule has 18 heavy (non-hydrogen) atoms. The number of nitrogens with one attached hydrogen (secondary N) is 2. The topological polar surface area (TPSA) is 75.9 Å². The lowest BCUT2D eigenvalue weighted by molar-refractivity contribution is -0.141. The molecule has 1 aliphatic carbocycles. The standard InChI is InChI=1S/C10H14F3N5/c11-10(12,13)7-4-8(17-9(16-7)18-14)15-5-6-2-1-3-6/h4,6H,1-3,5,14H2,(H2,15,16,17,18). The van der Waals surface area contributed by atoms with Crippen molar-refractivity contribution in [3.8, 4) is 0 Å². The van der Waals surface area contributed by atoms with Gasteiger partial charge in [0.2, 0.25) is 5.95 Å². The molecule has 0 saturated heterocycles. The molecule has 2 rings (SSSR count). The molecule has 5 nitrogen and oxygen atoms in total. The molecule has 100 valence electrons. The molecule has 0 bridgehead atoms. The first-order valence-electron chi connectivity index (χ1n) is 5.66. The Morgan fingerprint density at radius 1 is 1.33 bits per heavy atom. The third-order valence-corrected chi connectivity index (χ3v) is 2.94. The number of nitrogens with two attached hydrogens (primary N) is 1. The fourth-order valence-corrected chi connectivity index (χ4v) is 1.69. The number of anilines is 2. The summed E-state index contributed by atoms with van der Waals surface area (Å²) in [5.74, 6) is 5.46. The van der Waals surface area contributed by atoms with E-state index in [0.717, 1.165) is 18.9 Å². The second-order valence-electron chi connectivity index (χ2n) is 4.28. The average Bonchev–Trinajstić information content (AvgIpc) is 2.25. The van der Waals surface area contributed by atoms with E-state index in [0.29, 0.717) is 12.5 Å². The van der Waals surface area contributed by atoms with Crippen molar-refractivity contribution in [1.82, 2.24) is 9.97 Å². The molecule has 1 saturated carbocycles. The van der Waals surface area contributed by atoms with E-state index >= 15 is 0 Å². The SMILES string of the molecule is NNc1nc(NCC2CCC2)cc(C(F)(F)F)n1. The van der Waals surface area contributed by atoms with Gasteiger partial charge in [0.15, 0.2) is 5.69 Å². The van der Waals surface area contributed by atoms with Crippen molar-refractivity contribution in [1.29, 1.82) is 0 Å². The maximum Gasteiger partial charge on any atom is 0.433 e. The molecule has 0 atom stereocenters. The summed E-state index contributed by atoms with van der Waals surface area (Å²) in [6.45, 7) is 0.623. The zero-order chi connectivity index (χ0) is 13.2. The molecule has 0 aliphatic heterocycles. The highest BCUT2D eigenvalue weighted by molar-refractivity contribution is 5.42. The number of nitrogens with zero attached hydrogens (tertiary/aromatic N) is 2. The minimum Gasteiger partial charge on any atom is -0.370 e. The van der Waals surface area contributed by atoms with Gasteiger partial charge in [0.1, 0.15) is 5.82 Å². The molecular weight excluding hydrogens is 247 g/mol. The predicted octanol–water partition coefficient (Wildman–Crippen LogP) is 1.99. The minimum absolute atomic E-state index is 0.136. The molecular formula is C10H14F3N5. The van der Waals surface area contributed by atoms with Crippen molar-refractivity contribution in [3.63, 3.8) is 0 Å². The second-order valence-corrected chi connectivity index (χ2v) is 4.28. The zero-order valence-electron chi connectivity index (χ0n) is 9.59. The highest BCUT2D eigenvalue weighted by Gasteiger charge is 2.33. The average molecular weight is 261 g/mol. The van der Waals surface area contributed by atoms with Crippen molar-refractivity contribution in [3.05, 3.63) is 11.8 Å². The van der Waals surface area contributed by atoms with Gasteiger partial charge in [-0.25, -0.2) is 10.8 Å². The Kier molecular flexibility index (Phi) is 3.55. The van der Waals surface area contributed by atoms with E-state index < -0.39 is 11.9 Å². The van der Waals surface area contributed by atoms with Gasteiger partial charge in [0.25, 0.3) is 0 Å². The largest absolute Gasteiger partial charge is 0.433 e. The van der Waals surface area contributed by atoms with Crippen LogP contribution in [0, 0.1) is 5.92 Å². The lowest BCUT2D eigenvalue weighted by Gasteiger charge is -2.25. The summed E-state index contributed by atoms with van der Waals surface area (Å²) >= 11 is 0. The van der Waals surface area contributed by atoms with Crippen LogP contribution in [0.15, 0.2) is 6.07 Å². The van der Waals surface area contributed by atoms with Gasteiger partial charge in [-0.2, -0.15) is 18.2 Å². The maximum atomic E-state index is 12.6. The zero-order valence-corrected chi connectivity index (χ0v) is 9.59. The normalized spacial score (nSPS) is 16.2. The fraction of sp³-hybridized carbons (Fsp3) is 0.600. The molecule has 8 heteroatoms. The van der Waals surface area contributed by atoms with Crippen molar-refractivity contribution < 1.29 is 13.2 Å². The first-order valence-corrected chi connectivity index (χ1v) is 5.66. The van der Waals surface area contributed by atoms with Gasteiger partial charge in [-0.15, -0.1) is 0 Å². The summed E-state index contributed by atoms with van der Waals surface area (Å²) in [6.07, 6.45) is -1.13. The van der Waals surface area contributed by atoms with Gasteiger partial charge >= 0.3 is 6.18 Å². The van der Waals surface area contributed by atoms with Crippen LogP contribution in [0.3, 0.4) is 0 Å². The van der Waals surface area contributed by atoms with E-state index in [-0.39, 0.29) is 11.8 Å². The van der Waals surface area contributed by atoms with Crippen LogP contribution in [0.4, 0.5) is 24.9 Å². The Balaban J connectivity index is 2.12. The lowest BCUT2D eigenvalue weighted by atomic mass is 9.85. The molecule has 1 aromatic heterocycles. The van der Waals surface area contributed by atoms with Gasteiger partial charge in [-0.1, -0.05) is 6.42 Å². The highest BCUT2D eigenvalue weighted by Crippen LogP contribution is 2.30. The van der Waals surface area contributed by atoms with Crippen LogP contribution >= 0.6 is 0 Å². The monoisotopic (exact) mass is 261 g/mol. The predicted molar refractivity (Wildman–Crippen MR) is 60.7 cm³/mol. The third-order valence-electron chi connectivity index (χ3n) is 2.94. The summed E-state index contributed by atoms with van der Waals surface area (Å²) in [7, 11) is 0. The van der Waals surface area contributed by atoms with E-state index in [9.17, 15) is 13.2 Å². The summed E-state index contributed by atoms with van der Waals surface area (Å²) in [4.78, 5) is 7.11. The van der Waals surface area contributed by atoms with Gasteiger partial charge in [-0.05, 0) is 18.8 Å². The van der Waals surface area contributed by atoms with Crippen LogP contribution in [-0.4, -0.2) is 16.5 Å². The van der Waals surface area contributed by atoms with Crippen LogP contribution < -0.4 is 16.6 Å². The molecule has 0 amide bonds. The number of halogens is 3.